The highest BCUT2D eigenvalue weighted by Crippen LogP contribution is 2.46. The lowest BCUT2D eigenvalue weighted by atomic mass is 9.70. The molecule has 2 fully saturated rings. The van der Waals surface area contributed by atoms with Gasteiger partial charge in [-0.05, 0) is 22.3 Å². The van der Waals surface area contributed by atoms with Gasteiger partial charge in [0.05, 0.1) is 12.1 Å². The molecule has 0 spiro atoms. The van der Waals surface area contributed by atoms with Crippen molar-refractivity contribution in [2.45, 2.75) is 23.3 Å². The molecule has 0 amide bonds. The molecule has 0 aromatic heterocycles. The van der Waals surface area contributed by atoms with Gasteiger partial charge in [-0.2, -0.15) is 0 Å². The zero-order valence-corrected chi connectivity index (χ0v) is 20.3. The summed E-state index contributed by atoms with van der Waals surface area (Å²) < 4.78 is 0. The smallest absolute Gasteiger partial charge is 0.121 e. The van der Waals surface area contributed by atoms with Gasteiger partial charge in [0.2, 0.25) is 0 Å². The van der Waals surface area contributed by atoms with E-state index in [0.717, 1.165) is 0 Å². The first-order valence-corrected chi connectivity index (χ1v) is 12.7. The maximum absolute atomic E-state index is 11.6. The summed E-state index contributed by atoms with van der Waals surface area (Å²) in [4.78, 5) is 4.55. The lowest BCUT2D eigenvalue weighted by molar-refractivity contribution is -0.272. The number of rotatable bonds is 7. The molecule has 0 radical (unpaired) electrons. The van der Waals surface area contributed by atoms with Crippen molar-refractivity contribution in [1.82, 2.24) is 9.80 Å². The Balaban J connectivity index is 1.21. The van der Waals surface area contributed by atoms with E-state index in [9.17, 15) is 10.2 Å². The largest absolute Gasteiger partial charge is 0.384 e. The van der Waals surface area contributed by atoms with Crippen molar-refractivity contribution < 1.29 is 10.2 Å². The summed E-state index contributed by atoms with van der Waals surface area (Å²) in [5, 5.41) is 23.2. The van der Waals surface area contributed by atoms with Gasteiger partial charge in [0.25, 0.3) is 0 Å². The average molecular weight is 477 g/mol. The summed E-state index contributed by atoms with van der Waals surface area (Å²) in [5.41, 5.74) is 2.51. The fourth-order valence-electron chi connectivity index (χ4n) is 5.97. The summed E-state index contributed by atoms with van der Waals surface area (Å²) in [5.74, 6) is 0. The molecule has 2 aliphatic heterocycles. The molecule has 4 aromatic carbocycles. The van der Waals surface area contributed by atoms with Crippen molar-refractivity contribution in [3.8, 4) is 0 Å². The topological polar surface area (TPSA) is 46.9 Å². The summed E-state index contributed by atoms with van der Waals surface area (Å²) >= 11 is 0. The predicted molar refractivity (Wildman–Crippen MR) is 142 cm³/mol. The average Bonchev–Trinajstić information content (AvgIpc) is 2.89. The van der Waals surface area contributed by atoms with Gasteiger partial charge in [0, 0.05) is 26.2 Å². The van der Waals surface area contributed by atoms with Crippen molar-refractivity contribution in [3.05, 3.63) is 144 Å². The number of benzene rings is 4. The normalized spacial score (nSPS) is 19.1. The van der Waals surface area contributed by atoms with Crippen molar-refractivity contribution in [1.29, 1.82) is 0 Å². The molecule has 182 valence electrons. The zero-order valence-electron chi connectivity index (χ0n) is 20.3. The Morgan fingerprint density at radius 3 is 0.861 bits per heavy atom. The first-order valence-electron chi connectivity index (χ1n) is 12.7. The van der Waals surface area contributed by atoms with Crippen LogP contribution in [-0.2, 0) is 0 Å². The van der Waals surface area contributed by atoms with Gasteiger partial charge >= 0.3 is 0 Å². The molecule has 2 heterocycles. The molecule has 6 rings (SSSR count). The first-order chi connectivity index (χ1) is 17.6. The van der Waals surface area contributed by atoms with E-state index in [0.29, 0.717) is 26.2 Å². The van der Waals surface area contributed by atoms with E-state index in [-0.39, 0.29) is 12.1 Å². The molecule has 2 N–H and O–H groups in total. The van der Waals surface area contributed by atoms with E-state index >= 15 is 0 Å². The van der Waals surface area contributed by atoms with Crippen molar-refractivity contribution in [2.24, 2.45) is 0 Å². The Labute approximate surface area is 213 Å². The molecule has 0 atom stereocenters. The third-order valence-electron chi connectivity index (χ3n) is 7.92. The van der Waals surface area contributed by atoms with Crippen LogP contribution in [0.1, 0.15) is 34.3 Å². The van der Waals surface area contributed by atoms with Crippen LogP contribution in [0.5, 0.6) is 0 Å². The van der Waals surface area contributed by atoms with Gasteiger partial charge in [-0.3, -0.25) is 9.80 Å². The van der Waals surface area contributed by atoms with Crippen molar-refractivity contribution in [3.63, 3.8) is 0 Å². The Morgan fingerprint density at radius 1 is 0.417 bits per heavy atom. The number of hydrogen-bond donors (Lipinski definition) is 2. The predicted octanol–water partition coefficient (Wildman–Crippen LogP) is 4.66. The van der Waals surface area contributed by atoms with Crippen molar-refractivity contribution in [2.75, 3.05) is 26.2 Å². The first kappa shape index (κ1) is 23.1. The van der Waals surface area contributed by atoms with E-state index in [1.54, 1.807) is 0 Å². The highest BCUT2D eigenvalue weighted by Gasteiger charge is 2.63. The Morgan fingerprint density at radius 2 is 0.639 bits per heavy atom. The van der Waals surface area contributed by atoms with Crippen LogP contribution in [0.2, 0.25) is 0 Å². The standard InChI is InChI=1S/C32H32N2O2/c35-31(21-33(22-31)29(25-13-5-1-6-14-25)26-15-7-2-8-16-26)32(36)23-34(24-32)30(27-17-9-3-10-18-27)28-19-11-4-12-20-28/h1-20,29-30,35-36H,21-24H2. The van der Waals surface area contributed by atoms with Crippen LogP contribution in [0, 0.1) is 0 Å². The maximum Gasteiger partial charge on any atom is 0.121 e. The molecular weight excluding hydrogens is 444 g/mol. The Hall–Kier alpha value is -3.28. The SMILES string of the molecule is OC1(C2(O)CN(C(c3ccccc3)c3ccccc3)C2)CN(C(c2ccccc2)c2ccccc2)C1. The van der Waals surface area contributed by atoms with Crippen LogP contribution in [0.15, 0.2) is 121 Å². The van der Waals surface area contributed by atoms with E-state index in [1.165, 1.54) is 22.3 Å². The quantitative estimate of drug-likeness (QED) is 0.407. The van der Waals surface area contributed by atoms with Gasteiger partial charge in [-0.25, -0.2) is 0 Å². The Kier molecular flexibility index (Phi) is 5.98. The number of nitrogens with zero attached hydrogens (tertiary/aromatic N) is 2. The zero-order chi connectivity index (χ0) is 24.6. The Bertz CT molecular complexity index is 1090. The van der Waals surface area contributed by atoms with E-state index in [4.69, 9.17) is 0 Å². The molecule has 4 aromatic rings. The van der Waals surface area contributed by atoms with E-state index in [1.807, 2.05) is 24.3 Å². The second-order valence-corrected chi connectivity index (χ2v) is 10.3. The third kappa shape index (κ3) is 4.06. The molecule has 0 saturated carbocycles. The highest BCUT2D eigenvalue weighted by molar-refractivity contribution is 5.36. The lowest BCUT2D eigenvalue weighted by Gasteiger charge is -2.63. The molecule has 0 unspecified atom stereocenters. The van der Waals surface area contributed by atoms with Crippen LogP contribution in [-0.4, -0.2) is 57.4 Å². The van der Waals surface area contributed by atoms with Crippen LogP contribution >= 0.6 is 0 Å². The van der Waals surface area contributed by atoms with E-state index in [2.05, 4.69) is 107 Å². The molecule has 0 bridgehead atoms. The minimum Gasteiger partial charge on any atom is -0.384 e. The molecule has 36 heavy (non-hydrogen) atoms. The second kappa shape index (κ2) is 9.30. The van der Waals surface area contributed by atoms with Crippen LogP contribution in [0.25, 0.3) is 0 Å². The highest BCUT2D eigenvalue weighted by atomic mass is 16.4. The fourth-order valence-corrected chi connectivity index (χ4v) is 5.97. The van der Waals surface area contributed by atoms with Gasteiger partial charge in [0.1, 0.15) is 11.2 Å². The minimum absolute atomic E-state index is 0.0499. The fraction of sp³-hybridized carbons (Fsp3) is 0.250. The number of β-amino-alcohol motifs (C(OH)–C–C–N with tert-alkyl or cyclic N) is 2. The number of likely N-dealkylation sites (tertiary alicyclic amines) is 2. The molecule has 0 aliphatic carbocycles. The number of aliphatic hydroxyl groups is 2. The molecular formula is C32H32N2O2. The second-order valence-electron chi connectivity index (χ2n) is 10.3. The van der Waals surface area contributed by atoms with Crippen LogP contribution < -0.4 is 0 Å². The summed E-state index contributed by atoms with van der Waals surface area (Å²) in [6.07, 6.45) is 0. The molecule has 2 aliphatic rings. The van der Waals surface area contributed by atoms with Crippen LogP contribution in [0.4, 0.5) is 0 Å². The van der Waals surface area contributed by atoms with Gasteiger partial charge in [0.15, 0.2) is 0 Å². The summed E-state index contributed by atoms with van der Waals surface area (Å²) in [7, 11) is 0. The number of hydrogen-bond acceptors (Lipinski definition) is 4. The maximum atomic E-state index is 11.6. The monoisotopic (exact) mass is 476 g/mol. The molecule has 2 saturated heterocycles. The van der Waals surface area contributed by atoms with Crippen LogP contribution in [0.3, 0.4) is 0 Å². The molecule has 4 heteroatoms. The molecule has 4 nitrogen and oxygen atoms in total. The summed E-state index contributed by atoms with van der Waals surface area (Å²) in [6.45, 7) is 1.75. The van der Waals surface area contributed by atoms with Gasteiger partial charge in [-0.15, -0.1) is 0 Å². The lowest BCUT2D eigenvalue weighted by Crippen LogP contribution is -2.82. The summed E-state index contributed by atoms with van der Waals surface area (Å²) in [6, 6.07) is 41.8. The van der Waals surface area contributed by atoms with Gasteiger partial charge < -0.3 is 10.2 Å². The van der Waals surface area contributed by atoms with E-state index < -0.39 is 11.2 Å². The van der Waals surface area contributed by atoms with Crippen molar-refractivity contribution >= 4 is 0 Å². The van der Waals surface area contributed by atoms with Gasteiger partial charge in [-0.1, -0.05) is 121 Å². The minimum atomic E-state index is -1.14. The third-order valence-corrected chi connectivity index (χ3v) is 7.92.